The number of alkyl halides is 3. The van der Waals surface area contributed by atoms with Gasteiger partial charge in [0, 0.05) is 17.5 Å². The van der Waals surface area contributed by atoms with Crippen LogP contribution in [0.25, 0.3) is 22.1 Å². The highest BCUT2D eigenvalue weighted by Gasteiger charge is 2.44. The van der Waals surface area contributed by atoms with E-state index in [9.17, 15) is 51.1 Å². The molecule has 1 aliphatic heterocycles. The topological polar surface area (TPSA) is 278 Å². The molecular formula is C20H19F3N5O14P3. The molecule has 4 aromatic rings. The number of halogens is 3. The largest absolute Gasteiger partial charge is 0.536 e. The molecule has 0 bridgehead atoms. The van der Waals surface area contributed by atoms with Crippen molar-refractivity contribution in [3.05, 3.63) is 56.9 Å². The highest BCUT2D eigenvalue weighted by atomic mass is 31.3. The molecule has 5 atom stereocenters. The Hall–Kier alpha value is -3.42. The molecule has 3 aromatic heterocycles. The number of imidazole rings is 1. The van der Waals surface area contributed by atoms with Gasteiger partial charge in [0.05, 0.1) is 24.6 Å². The van der Waals surface area contributed by atoms with Gasteiger partial charge < -0.3 is 29.2 Å². The highest BCUT2D eigenvalue weighted by molar-refractivity contribution is 7.67. The van der Waals surface area contributed by atoms with E-state index in [4.69, 9.17) is 10.5 Å². The minimum absolute atomic E-state index is 0.0209. The van der Waals surface area contributed by atoms with Crippen molar-refractivity contribution in [2.45, 2.75) is 31.3 Å². The third kappa shape index (κ3) is 7.70. The Balaban J connectivity index is 1.19. The van der Waals surface area contributed by atoms with Crippen molar-refractivity contribution < 1.29 is 68.4 Å². The third-order valence-electron chi connectivity index (χ3n) is 5.92. The quantitative estimate of drug-likeness (QED) is 0.117. The number of aromatic amines is 1. The van der Waals surface area contributed by atoms with Gasteiger partial charge in [-0.15, -0.1) is 0 Å². The lowest BCUT2D eigenvalue weighted by Gasteiger charge is -2.20. The molecule has 1 aromatic carbocycles. The average Bonchev–Trinajstić information content (AvgIpc) is 3.51. The molecule has 45 heavy (non-hydrogen) atoms. The second-order valence-corrected chi connectivity index (χ2v) is 13.7. The molecule has 0 spiro atoms. The second-order valence-electron chi connectivity index (χ2n) is 9.16. The third-order valence-corrected chi connectivity index (χ3v) is 10.1. The maximum absolute atomic E-state index is 13.2. The summed E-state index contributed by atoms with van der Waals surface area (Å²) in [7, 11) is -17.1. The lowest BCUT2D eigenvalue weighted by atomic mass is 10.1. The number of nitrogens with zero attached hydrogens (tertiary/aromatic N) is 3. The molecule has 244 valence electrons. The predicted molar refractivity (Wildman–Crippen MR) is 141 cm³/mol. The summed E-state index contributed by atoms with van der Waals surface area (Å²) >= 11 is 0. The van der Waals surface area contributed by atoms with Crippen molar-refractivity contribution in [1.82, 2.24) is 19.5 Å². The number of phosphoric ester groups is 2. The van der Waals surface area contributed by atoms with Gasteiger partial charge in [-0.05, 0) is 25.0 Å². The number of rotatable bonds is 10. The molecular weight excluding hydrogens is 684 g/mol. The number of hydrogen-bond acceptors (Lipinski definition) is 14. The van der Waals surface area contributed by atoms with E-state index >= 15 is 0 Å². The zero-order chi connectivity index (χ0) is 32.9. The van der Waals surface area contributed by atoms with Crippen LogP contribution in [0.4, 0.5) is 19.1 Å². The molecule has 0 aliphatic carbocycles. The molecule has 25 heteroatoms. The lowest BCUT2D eigenvalue weighted by molar-refractivity contribution is -0.136. The summed E-state index contributed by atoms with van der Waals surface area (Å²) in [5, 5.41) is -0.620. The standard InChI is InChI=1S/C20H19F3N5O14P3/c21-20(22,23)12-6-15(29)39-13-5-9(1-3-11(12)13)40-44(33,34)42-45(35,36)41-43(31,32)37-7-10-2-4-14(38-10)28-8-25-16-17(28)26-19(24)27-18(16)30/h1,3,5-6,8,10,14H,2,4,7H2,(H,31,32)(H,33,34)(H,35,36)(H3,24,26,27,30). The van der Waals surface area contributed by atoms with Gasteiger partial charge in [0.25, 0.3) is 5.56 Å². The molecule has 0 saturated carbocycles. The van der Waals surface area contributed by atoms with Gasteiger partial charge >= 0.3 is 35.3 Å². The number of nitrogens with two attached hydrogens (primary N) is 1. The van der Waals surface area contributed by atoms with Crippen LogP contribution in [0.3, 0.4) is 0 Å². The number of H-pyrrole nitrogens is 1. The van der Waals surface area contributed by atoms with Crippen molar-refractivity contribution in [3.8, 4) is 5.75 Å². The van der Waals surface area contributed by atoms with Crippen molar-refractivity contribution in [2.75, 3.05) is 12.3 Å². The molecule has 1 fully saturated rings. The van der Waals surface area contributed by atoms with Crippen LogP contribution in [0.5, 0.6) is 5.75 Å². The van der Waals surface area contributed by atoms with Crippen molar-refractivity contribution in [2.24, 2.45) is 0 Å². The van der Waals surface area contributed by atoms with Gasteiger partial charge in [-0.1, -0.05) is 0 Å². The van der Waals surface area contributed by atoms with Crippen LogP contribution in [-0.4, -0.2) is 46.9 Å². The normalized spacial score (nSPS) is 21.4. The molecule has 1 saturated heterocycles. The lowest BCUT2D eigenvalue weighted by Crippen LogP contribution is -2.17. The fraction of sp³-hybridized carbons (Fsp3) is 0.300. The molecule has 0 amide bonds. The smallest absolute Gasteiger partial charge is 0.423 e. The SMILES string of the molecule is Nc1nc2c(ncn2C2CCC(COP(=O)(O)OP(=O)(O)OP(=O)(O)Oc3ccc4c(C(F)(F)F)cc(=O)oc4c3)O2)c(=O)[nH]1. The van der Waals surface area contributed by atoms with Crippen LogP contribution in [0.1, 0.15) is 24.6 Å². The van der Waals surface area contributed by atoms with Gasteiger partial charge in [-0.2, -0.15) is 26.8 Å². The summed E-state index contributed by atoms with van der Waals surface area (Å²) in [5.74, 6) is -0.940. The zero-order valence-corrected chi connectivity index (χ0v) is 24.6. The molecule has 5 unspecified atom stereocenters. The number of hydrogen-bond donors (Lipinski definition) is 5. The van der Waals surface area contributed by atoms with Gasteiger partial charge in [0.1, 0.15) is 17.6 Å². The first-order chi connectivity index (χ1) is 20.8. The summed E-state index contributed by atoms with van der Waals surface area (Å²) in [5.41, 5.74) is 1.55. The average molecular weight is 703 g/mol. The van der Waals surface area contributed by atoms with Gasteiger partial charge in [0.2, 0.25) is 5.95 Å². The summed E-state index contributed by atoms with van der Waals surface area (Å²) in [4.78, 5) is 63.3. The Morgan fingerprint density at radius 1 is 1.07 bits per heavy atom. The Bertz CT molecular complexity index is 2050. The summed E-state index contributed by atoms with van der Waals surface area (Å²) in [6, 6.07) is 2.22. The molecule has 19 nitrogen and oxygen atoms in total. The molecule has 6 N–H and O–H groups in total. The second kappa shape index (κ2) is 11.7. The molecule has 5 rings (SSSR count). The molecule has 1 aliphatic rings. The van der Waals surface area contributed by atoms with E-state index in [1.807, 2.05) is 0 Å². The number of benzene rings is 1. The number of fused-ring (bicyclic) bond motifs is 2. The van der Waals surface area contributed by atoms with Crippen LogP contribution in [0.2, 0.25) is 0 Å². The van der Waals surface area contributed by atoms with Crippen LogP contribution in [0.15, 0.2) is 44.6 Å². The zero-order valence-electron chi connectivity index (χ0n) is 21.9. The Kier molecular flexibility index (Phi) is 8.60. The van der Waals surface area contributed by atoms with Gasteiger partial charge in [-0.25, -0.2) is 23.5 Å². The summed E-state index contributed by atoms with van der Waals surface area (Å²) < 4.78 is 105. The van der Waals surface area contributed by atoms with E-state index in [1.165, 1.54) is 10.9 Å². The van der Waals surface area contributed by atoms with E-state index < -0.39 is 82.1 Å². The van der Waals surface area contributed by atoms with Crippen molar-refractivity contribution in [1.29, 1.82) is 0 Å². The molecule has 4 heterocycles. The van der Waals surface area contributed by atoms with E-state index in [-0.39, 0.29) is 36.0 Å². The minimum atomic E-state index is -5.91. The van der Waals surface area contributed by atoms with E-state index in [0.717, 1.165) is 12.1 Å². The highest BCUT2D eigenvalue weighted by Crippen LogP contribution is 2.67. The number of nitrogens with one attached hydrogen (secondary N) is 1. The fourth-order valence-electron chi connectivity index (χ4n) is 4.23. The first-order valence-corrected chi connectivity index (χ1v) is 16.6. The maximum Gasteiger partial charge on any atom is 0.536 e. The minimum Gasteiger partial charge on any atom is -0.423 e. The van der Waals surface area contributed by atoms with E-state index in [0.29, 0.717) is 6.07 Å². The van der Waals surface area contributed by atoms with Crippen molar-refractivity contribution >= 4 is 51.5 Å². The molecule has 0 radical (unpaired) electrons. The van der Waals surface area contributed by atoms with Crippen LogP contribution < -0.4 is 21.4 Å². The Morgan fingerprint density at radius 3 is 2.49 bits per heavy atom. The number of anilines is 1. The first kappa shape index (κ1) is 33.0. The maximum atomic E-state index is 13.2. The number of nitrogen functional groups attached to an aromatic ring is 1. The number of phosphoric acid groups is 3. The fourth-order valence-corrected chi connectivity index (χ4v) is 7.76. The van der Waals surface area contributed by atoms with E-state index in [1.54, 1.807) is 0 Å². The van der Waals surface area contributed by atoms with Crippen LogP contribution in [-0.2, 0) is 37.8 Å². The number of aromatic nitrogens is 4. The van der Waals surface area contributed by atoms with Crippen LogP contribution >= 0.6 is 23.5 Å². The summed E-state index contributed by atoms with van der Waals surface area (Å²) in [6.07, 6.45) is -4.85. The van der Waals surface area contributed by atoms with Gasteiger partial charge in [0.15, 0.2) is 11.2 Å². The van der Waals surface area contributed by atoms with Gasteiger partial charge in [-0.3, -0.25) is 23.8 Å². The van der Waals surface area contributed by atoms with Crippen molar-refractivity contribution in [3.63, 3.8) is 0 Å². The Morgan fingerprint density at radius 2 is 1.78 bits per heavy atom. The monoisotopic (exact) mass is 703 g/mol. The number of ether oxygens (including phenoxy) is 1. The predicted octanol–water partition coefficient (Wildman–Crippen LogP) is 2.93. The first-order valence-electron chi connectivity index (χ1n) is 12.1. The Labute approximate surface area is 246 Å². The summed E-state index contributed by atoms with van der Waals surface area (Å²) in [6.45, 7) is -0.692. The van der Waals surface area contributed by atoms with E-state index in [2.05, 4.69) is 37.0 Å². The van der Waals surface area contributed by atoms with Crippen LogP contribution in [0, 0.1) is 0 Å².